The smallest absolute Gasteiger partial charge is 0.327 e. The van der Waals surface area contributed by atoms with E-state index < -0.39 is 46.7 Å². The number of thioether (sulfide) groups is 1. The molecule has 12 heteroatoms. The lowest BCUT2D eigenvalue weighted by atomic mass is 9.96. The van der Waals surface area contributed by atoms with Gasteiger partial charge in [-0.3, -0.25) is 14.4 Å². The highest BCUT2D eigenvalue weighted by Gasteiger charge is 2.60. The number of carboxylic acid groups (broad SMARTS) is 1. The fourth-order valence-electron chi connectivity index (χ4n) is 4.98. The maximum absolute atomic E-state index is 13.5. The zero-order valence-electron chi connectivity index (χ0n) is 22.3. The van der Waals surface area contributed by atoms with E-state index in [-0.39, 0.29) is 30.7 Å². The van der Waals surface area contributed by atoms with Gasteiger partial charge in [-0.2, -0.15) is 0 Å². The van der Waals surface area contributed by atoms with Crippen LogP contribution in [-0.2, 0) is 25.6 Å². The van der Waals surface area contributed by atoms with Crippen molar-refractivity contribution in [2.24, 2.45) is 0 Å². The molecule has 11 nitrogen and oxygen atoms in total. The van der Waals surface area contributed by atoms with Crippen molar-refractivity contribution >= 4 is 41.5 Å². The Kier molecular flexibility index (Phi) is 8.98. The average molecular weight is 568 g/mol. The molecule has 2 aliphatic heterocycles. The summed E-state index contributed by atoms with van der Waals surface area (Å²) < 4.78 is -0.959. The number of hydrogen-bond acceptors (Lipinski definition) is 6. The minimum Gasteiger partial charge on any atom is -0.480 e. The molecule has 2 heterocycles. The zero-order chi connectivity index (χ0) is 28.9. The van der Waals surface area contributed by atoms with Crippen molar-refractivity contribution < 1.29 is 29.1 Å². The van der Waals surface area contributed by atoms with Crippen LogP contribution in [0.4, 0.5) is 4.79 Å². The maximum atomic E-state index is 13.5. The Morgan fingerprint density at radius 3 is 2.25 bits per heavy atom. The van der Waals surface area contributed by atoms with Crippen LogP contribution >= 0.6 is 11.8 Å². The highest BCUT2D eigenvalue weighted by atomic mass is 32.2. The van der Waals surface area contributed by atoms with Gasteiger partial charge >= 0.3 is 12.0 Å². The van der Waals surface area contributed by atoms with E-state index in [2.05, 4.69) is 21.3 Å². The standard InChI is InChI=1S/C28H33N5O6S/c1-3-29-27(39)31-19(14-17-10-6-4-7-11-17)24(35)32-22(18-12-8-5-9-13-18)25(36)30-16-28(2)23(26(37)38)33-20(34)15-21(33)40-28/h4-13,19,21-23H,3,14-16H2,1-2H3,(H,30,36)(H,32,35)(H,37,38)(H2,29,31,39)/t19?,21-,22-,23+,28?/m1/s1. The number of rotatable bonds is 11. The summed E-state index contributed by atoms with van der Waals surface area (Å²) >= 11 is 1.35. The van der Waals surface area contributed by atoms with Crippen LogP contribution in [0.25, 0.3) is 0 Å². The highest BCUT2D eigenvalue weighted by molar-refractivity contribution is 8.01. The number of nitrogens with one attached hydrogen (secondary N) is 4. The van der Waals surface area contributed by atoms with E-state index >= 15 is 0 Å². The molecule has 5 amide bonds. The number of benzene rings is 2. The summed E-state index contributed by atoms with van der Waals surface area (Å²) in [4.78, 5) is 64.8. The first-order valence-electron chi connectivity index (χ1n) is 13.1. The number of hydrogen-bond donors (Lipinski definition) is 5. The summed E-state index contributed by atoms with van der Waals surface area (Å²) in [6.07, 6.45) is 0.468. The number of aliphatic carboxylic acids is 1. The van der Waals surface area contributed by atoms with Gasteiger partial charge in [-0.25, -0.2) is 9.59 Å². The van der Waals surface area contributed by atoms with Crippen LogP contribution in [0.1, 0.15) is 37.4 Å². The molecule has 40 heavy (non-hydrogen) atoms. The van der Waals surface area contributed by atoms with Gasteiger partial charge in [0.25, 0.3) is 0 Å². The number of β-lactam (4-membered cyclic amide) rings is 1. The normalized spacial score (nSPS) is 22.8. The Morgan fingerprint density at radius 1 is 1.00 bits per heavy atom. The Labute approximate surface area is 236 Å². The number of carboxylic acids is 1. The van der Waals surface area contributed by atoms with E-state index in [0.29, 0.717) is 12.1 Å². The van der Waals surface area contributed by atoms with Crippen molar-refractivity contribution in [3.05, 3.63) is 71.8 Å². The number of urea groups is 1. The third-order valence-electron chi connectivity index (χ3n) is 6.98. The molecule has 0 aliphatic carbocycles. The number of fused-ring (bicyclic) bond motifs is 1. The van der Waals surface area contributed by atoms with Crippen LogP contribution in [0, 0.1) is 0 Å². The number of nitrogens with zero attached hydrogens (tertiary/aromatic N) is 1. The molecule has 2 aromatic carbocycles. The summed E-state index contributed by atoms with van der Waals surface area (Å²) in [6, 6.07) is 14.2. The molecule has 0 spiro atoms. The quantitative estimate of drug-likeness (QED) is 0.257. The van der Waals surface area contributed by atoms with Crippen molar-refractivity contribution in [2.45, 2.75) is 54.9 Å². The summed E-state index contributed by atoms with van der Waals surface area (Å²) in [5, 5.41) is 20.5. The minimum absolute atomic E-state index is 0.0302. The topological polar surface area (TPSA) is 157 Å². The Balaban J connectivity index is 1.52. The SMILES string of the molecule is CCNC(=O)NC(Cc1ccccc1)C(=O)N[C@@H](C(=O)NCC1(C)S[C@@H]2CC(=O)N2[C@H]1C(=O)O)c1ccccc1. The van der Waals surface area contributed by atoms with Gasteiger partial charge in [0.15, 0.2) is 0 Å². The third kappa shape index (κ3) is 6.39. The highest BCUT2D eigenvalue weighted by Crippen LogP contribution is 2.50. The molecule has 2 aliphatic rings. The number of carbonyl (C=O) groups is 5. The lowest BCUT2D eigenvalue weighted by Gasteiger charge is -2.37. The molecule has 212 valence electrons. The van der Waals surface area contributed by atoms with Gasteiger partial charge in [-0.15, -0.1) is 11.8 Å². The zero-order valence-corrected chi connectivity index (χ0v) is 23.1. The summed E-state index contributed by atoms with van der Waals surface area (Å²) in [6.45, 7) is 3.82. The number of carbonyl (C=O) groups excluding carboxylic acids is 4. The second kappa shape index (κ2) is 12.4. The van der Waals surface area contributed by atoms with E-state index in [1.807, 2.05) is 30.3 Å². The molecule has 5 N–H and O–H groups in total. The molecule has 0 aromatic heterocycles. The van der Waals surface area contributed by atoms with Gasteiger partial charge in [0, 0.05) is 19.5 Å². The van der Waals surface area contributed by atoms with Gasteiger partial charge in [0.2, 0.25) is 17.7 Å². The molecule has 0 radical (unpaired) electrons. The molecule has 2 aromatic rings. The Morgan fingerprint density at radius 2 is 1.65 bits per heavy atom. The lowest BCUT2D eigenvalue weighted by Crippen LogP contribution is -2.59. The predicted molar refractivity (Wildman–Crippen MR) is 149 cm³/mol. The summed E-state index contributed by atoms with van der Waals surface area (Å²) in [5.41, 5.74) is 1.34. The fourth-order valence-corrected chi connectivity index (χ4v) is 6.68. The lowest BCUT2D eigenvalue weighted by molar-refractivity contribution is -0.157. The second-order valence-corrected chi connectivity index (χ2v) is 11.7. The van der Waals surface area contributed by atoms with Crippen LogP contribution in [0.15, 0.2) is 60.7 Å². The van der Waals surface area contributed by atoms with Crippen LogP contribution < -0.4 is 21.3 Å². The molecular weight excluding hydrogens is 534 g/mol. The molecule has 4 rings (SSSR count). The molecule has 2 unspecified atom stereocenters. The van der Waals surface area contributed by atoms with E-state index in [4.69, 9.17) is 0 Å². The van der Waals surface area contributed by atoms with Crippen molar-refractivity contribution in [3.63, 3.8) is 0 Å². The molecular formula is C28H33N5O6S. The molecule has 0 bridgehead atoms. The molecule has 2 fully saturated rings. The van der Waals surface area contributed by atoms with E-state index in [9.17, 15) is 29.1 Å². The van der Waals surface area contributed by atoms with Gasteiger partial charge in [0.1, 0.15) is 18.1 Å². The van der Waals surface area contributed by atoms with Crippen LogP contribution in [0.3, 0.4) is 0 Å². The van der Waals surface area contributed by atoms with Gasteiger partial charge in [-0.1, -0.05) is 60.7 Å². The summed E-state index contributed by atoms with van der Waals surface area (Å²) in [7, 11) is 0. The summed E-state index contributed by atoms with van der Waals surface area (Å²) in [5.74, 6) is -2.45. The molecule has 2 saturated heterocycles. The monoisotopic (exact) mass is 567 g/mol. The van der Waals surface area contributed by atoms with E-state index in [0.717, 1.165) is 5.56 Å². The number of amides is 5. The molecule has 0 saturated carbocycles. The van der Waals surface area contributed by atoms with Gasteiger partial charge < -0.3 is 31.3 Å². The van der Waals surface area contributed by atoms with E-state index in [1.54, 1.807) is 44.2 Å². The van der Waals surface area contributed by atoms with Gasteiger partial charge in [0.05, 0.1) is 16.5 Å². The van der Waals surface area contributed by atoms with Crippen LogP contribution in [-0.4, -0.2) is 75.0 Å². The first kappa shape index (κ1) is 28.9. The minimum atomic E-state index is -1.13. The average Bonchev–Trinajstić information content (AvgIpc) is 3.18. The van der Waals surface area contributed by atoms with Crippen molar-refractivity contribution in [2.75, 3.05) is 13.1 Å². The fraction of sp³-hybridized carbons (Fsp3) is 0.393. The Hall–Kier alpha value is -4.06. The second-order valence-electron chi connectivity index (χ2n) is 9.95. The van der Waals surface area contributed by atoms with Gasteiger partial charge in [-0.05, 0) is 25.0 Å². The van der Waals surface area contributed by atoms with Crippen molar-refractivity contribution in [3.8, 4) is 0 Å². The van der Waals surface area contributed by atoms with Crippen molar-refractivity contribution in [1.82, 2.24) is 26.2 Å². The Bertz CT molecular complexity index is 1260. The molecule has 5 atom stereocenters. The predicted octanol–water partition coefficient (Wildman–Crippen LogP) is 1.41. The largest absolute Gasteiger partial charge is 0.480 e. The van der Waals surface area contributed by atoms with Crippen LogP contribution in [0.5, 0.6) is 0 Å². The van der Waals surface area contributed by atoms with Crippen LogP contribution in [0.2, 0.25) is 0 Å². The van der Waals surface area contributed by atoms with Crippen molar-refractivity contribution in [1.29, 1.82) is 0 Å². The first-order valence-corrected chi connectivity index (χ1v) is 13.9. The maximum Gasteiger partial charge on any atom is 0.327 e. The first-order chi connectivity index (χ1) is 19.1. The third-order valence-corrected chi connectivity index (χ3v) is 8.55. The van der Waals surface area contributed by atoms with E-state index in [1.165, 1.54) is 16.7 Å².